The highest BCUT2D eigenvalue weighted by Gasteiger charge is 2.19. The molecule has 0 aliphatic rings. The Hall–Kier alpha value is -2.37. The topological polar surface area (TPSA) is 50.9 Å². The summed E-state index contributed by atoms with van der Waals surface area (Å²) in [5.41, 5.74) is 4.23. The van der Waals surface area contributed by atoms with E-state index in [2.05, 4.69) is 10.4 Å². The predicted octanol–water partition coefficient (Wildman–Crippen LogP) is 3.07. The van der Waals surface area contributed by atoms with E-state index in [1.54, 1.807) is 12.3 Å². The molecular formula is C16H13F2N3. The third-order valence-corrected chi connectivity index (χ3v) is 3.43. The zero-order valence-corrected chi connectivity index (χ0v) is 11.1. The first-order chi connectivity index (χ1) is 10.2. The van der Waals surface area contributed by atoms with Crippen LogP contribution in [0, 0.1) is 11.6 Å². The fourth-order valence-electron chi connectivity index (χ4n) is 2.45. The van der Waals surface area contributed by atoms with Gasteiger partial charge in [0.05, 0.1) is 11.6 Å². The van der Waals surface area contributed by atoms with Crippen LogP contribution in [0.2, 0.25) is 0 Å². The number of hydrazine groups is 1. The molecule has 1 aromatic heterocycles. The number of fused-ring (bicyclic) bond motifs is 1. The van der Waals surface area contributed by atoms with Gasteiger partial charge in [-0.25, -0.2) is 14.2 Å². The number of hydrogen-bond donors (Lipinski definition) is 2. The number of halogens is 2. The smallest absolute Gasteiger partial charge is 0.128 e. The molecule has 0 spiro atoms. The molecule has 0 aliphatic carbocycles. The lowest BCUT2D eigenvalue weighted by Crippen LogP contribution is -2.29. The summed E-state index contributed by atoms with van der Waals surface area (Å²) in [5, 5.41) is 0.839. The summed E-state index contributed by atoms with van der Waals surface area (Å²) in [6.45, 7) is 0. The van der Waals surface area contributed by atoms with Gasteiger partial charge in [-0.3, -0.25) is 10.8 Å². The van der Waals surface area contributed by atoms with Gasteiger partial charge in [-0.15, -0.1) is 0 Å². The number of nitrogens with one attached hydrogen (secondary N) is 1. The van der Waals surface area contributed by atoms with Crippen molar-refractivity contribution in [3.8, 4) is 0 Å². The Balaban J connectivity index is 2.21. The van der Waals surface area contributed by atoms with E-state index in [0.29, 0.717) is 0 Å². The molecule has 21 heavy (non-hydrogen) atoms. The normalized spacial score (nSPS) is 12.5. The molecule has 0 saturated heterocycles. The molecule has 5 heteroatoms. The quantitative estimate of drug-likeness (QED) is 0.574. The van der Waals surface area contributed by atoms with Gasteiger partial charge in [0.1, 0.15) is 11.6 Å². The molecule has 1 heterocycles. The Morgan fingerprint density at radius 1 is 1.00 bits per heavy atom. The molecule has 0 bridgehead atoms. The minimum Gasteiger partial charge on any atom is -0.271 e. The maximum atomic E-state index is 14.0. The molecule has 3 rings (SSSR count). The minimum atomic E-state index is -0.659. The van der Waals surface area contributed by atoms with Crippen LogP contribution in [0.25, 0.3) is 10.9 Å². The van der Waals surface area contributed by atoms with Crippen LogP contribution in [0.3, 0.4) is 0 Å². The van der Waals surface area contributed by atoms with Crippen LogP contribution in [0.1, 0.15) is 17.2 Å². The highest BCUT2D eigenvalue weighted by molar-refractivity contribution is 5.82. The van der Waals surface area contributed by atoms with Gasteiger partial charge in [-0.2, -0.15) is 0 Å². The molecular weight excluding hydrogens is 272 g/mol. The molecule has 1 atom stereocenters. The van der Waals surface area contributed by atoms with Crippen molar-refractivity contribution in [2.24, 2.45) is 5.84 Å². The van der Waals surface area contributed by atoms with Crippen molar-refractivity contribution in [2.75, 3.05) is 0 Å². The molecule has 106 valence electrons. The van der Waals surface area contributed by atoms with Crippen molar-refractivity contribution < 1.29 is 8.78 Å². The second kappa shape index (κ2) is 5.55. The second-order valence-electron chi connectivity index (χ2n) is 4.68. The van der Waals surface area contributed by atoms with Gasteiger partial charge < -0.3 is 0 Å². The summed E-state index contributed by atoms with van der Waals surface area (Å²) < 4.78 is 27.4. The van der Waals surface area contributed by atoms with E-state index in [4.69, 9.17) is 5.84 Å². The molecule has 0 saturated carbocycles. The maximum Gasteiger partial charge on any atom is 0.128 e. The molecule has 0 amide bonds. The first-order valence-corrected chi connectivity index (χ1v) is 6.45. The Morgan fingerprint density at radius 3 is 2.62 bits per heavy atom. The van der Waals surface area contributed by atoms with E-state index < -0.39 is 17.7 Å². The lowest BCUT2D eigenvalue weighted by atomic mass is 9.96. The van der Waals surface area contributed by atoms with Gasteiger partial charge in [0, 0.05) is 17.1 Å². The third kappa shape index (κ3) is 2.49. The second-order valence-corrected chi connectivity index (χ2v) is 4.68. The molecule has 1 unspecified atom stereocenters. The van der Waals surface area contributed by atoms with Crippen LogP contribution in [0.5, 0.6) is 0 Å². The number of nitrogens with two attached hydrogens (primary N) is 1. The van der Waals surface area contributed by atoms with E-state index in [1.165, 1.54) is 0 Å². The van der Waals surface area contributed by atoms with Crippen LogP contribution in [0.4, 0.5) is 8.78 Å². The summed E-state index contributed by atoms with van der Waals surface area (Å²) in [5.74, 6) is 4.56. The number of benzene rings is 2. The summed E-state index contributed by atoms with van der Waals surface area (Å²) in [7, 11) is 0. The Labute approximate surface area is 120 Å². The molecule has 3 N–H and O–H groups in total. The van der Waals surface area contributed by atoms with Gasteiger partial charge in [0.15, 0.2) is 0 Å². The first-order valence-electron chi connectivity index (χ1n) is 6.45. The molecule has 0 radical (unpaired) electrons. The van der Waals surface area contributed by atoms with Gasteiger partial charge >= 0.3 is 0 Å². The van der Waals surface area contributed by atoms with E-state index in [9.17, 15) is 8.78 Å². The number of para-hydroxylation sites is 1. The van der Waals surface area contributed by atoms with Crippen LogP contribution in [0.15, 0.2) is 54.7 Å². The average Bonchev–Trinajstić information content (AvgIpc) is 2.51. The van der Waals surface area contributed by atoms with Crippen molar-refractivity contribution in [3.05, 3.63) is 77.5 Å². The number of nitrogens with zero attached hydrogens (tertiary/aromatic N) is 1. The molecule has 3 nitrogen and oxygen atoms in total. The van der Waals surface area contributed by atoms with Crippen molar-refractivity contribution in [1.29, 1.82) is 0 Å². The Kier molecular flexibility index (Phi) is 3.60. The highest BCUT2D eigenvalue weighted by atomic mass is 19.1. The van der Waals surface area contributed by atoms with Gasteiger partial charge in [-0.1, -0.05) is 18.2 Å². The fourth-order valence-corrected chi connectivity index (χ4v) is 2.45. The van der Waals surface area contributed by atoms with Gasteiger partial charge in [0.25, 0.3) is 0 Å². The van der Waals surface area contributed by atoms with Crippen LogP contribution < -0.4 is 11.3 Å². The number of pyridine rings is 1. The molecule has 0 aliphatic heterocycles. The monoisotopic (exact) mass is 285 g/mol. The zero-order valence-electron chi connectivity index (χ0n) is 11.1. The van der Waals surface area contributed by atoms with E-state index in [1.807, 2.05) is 24.3 Å². The fraction of sp³-hybridized carbons (Fsp3) is 0.0625. The van der Waals surface area contributed by atoms with Crippen LogP contribution in [-0.4, -0.2) is 4.98 Å². The van der Waals surface area contributed by atoms with Crippen molar-refractivity contribution in [2.45, 2.75) is 6.04 Å². The Morgan fingerprint density at radius 2 is 1.81 bits per heavy atom. The zero-order chi connectivity index (χ0) is 14.8. The van der Waals surface area contributed by atoms with E-state index in [-0.39, 0.29) is 5.56 Å². The molecule has 3 aromatic rings. The van der Waals surface area contributed by atoms with Crippen molar-refractivity contribution in [3.63, 3.8) is 0 Å². The minimum absolute atomic E-state index is 0.161. The summed E-state index contributed by atoms with van der Waals surface area (Å²) in [4.78, 5) is 4.26. The SMILES string of the molecule is NNC(c1cc(F)ccc1F)c1ccnc2ccccc12. The Bertz CT molecular complexity index is 784. The van der Waals surface area contributed by atoms with E-state index in [0.717, 1.165) is 34.7 Å². The number of aromatic nitrogens is 1. The van der Waals surface area contributed by atoms with E-state index >= 15 is 0 Å². The maximum absolute atomic E-state index is 14.0. The number of hydrogen-bond acceptors (Lipinski definition) is 3. The lowest BCUT2D eigenvalue weighted by molar-refractivity contribution is 0.547. The summed E-state index contributed by atoms with van der Waals surface area (Å²) in [6.07, 6.45) is 1.62. The molecule has 0 fully saturated rings. The summed E-state index contributed by atoms with van der Waals surface area (Å²) in [6, 6.07) is 11.9. The van der Waals surface area contributed by atoms with Gasteiger partial charge in [-0.05, 0) is 35.9 Å². The first kappa shape index (κ1) is 13.6. The predicted molar refractivity (Wildman–Crippen MR) is 77.3 cm³/mol. The van der Waals surface area contributed by atoms with Gasteiger partial charge in [0.2, 0.25) is 0 Å². The third-order valence-electron chi connectivity index (χ3n) is 3.43. The average molecular weight is 285 g/mol. The molecule has 2 aromatic carbocycles. The van der Waals surface area contributed by atoms with Crippen molar-refractivity contribution in [1.82, 2.24) is 10.4 Å². The largest absolute Gasteiger partial charge is 0.271 e. The highest BCUT2D eigenvalue weighted by Crippen LogP contribution is 2.29. The summed E-state index contributed by atoms with van der Waals surface area (Å²) >= 11 is 0. The standard InChI is InChI=1S/C16H13F2N3/c17-10-5-6-14(18)13(9-10)16(21-19)12-7-8-20-15-4-2-1-3-11(12)15/h1-9,16,21H,19H2. The van der Waals surface area contributed by atoms with Crippen LogP contribution >= 0.6 is 0 Å². The van der Waals surface area contributed by atoms with Crippen LogP contribution in [-0.2, 0) is 0 Å². The van der Waals surface area contributed by atoms with Crippen molar-refractivity contribution >= 4 is 10.9 Å². The lowest BCUT2D eigenvalue weighted by Gasteiger charge is -2.19. The number of rotatable bonds is 3.